The van der Waals surface area contributed by atoms with Crippen molar-refractivity contribution in [2.24, 2.45) is 0 Å². The van der Waals surface area contributed by atoms with Gasteiger partial charge >= 0.3 is 0 Å². The molecule has 44 heavy (non-hydrogen) atoms. The van der Waals surface area contributed by atoms with Crippen LogP contribution in [-0.2, 0) is 18.9 Å². The number of epoxide rings is 2. The Morgan fingerprint density at radius 2 is 0.659 bits per heavy atom. The van der Waals surface area contributed by atoms with E-state index >= 15 is 0 Å². The molecule has 0 saturated carbocycles. The van der Waals surface area contributed by atoms with Gasteiger partial charge in [0, 0.05) is 0 Å². The number of benzene rings is 4. The Hall–Kier alpha value is -4.08. The fourth-order valence-corrected chi connectivity index (χ4v) is 4.44. The molecule has 2 unspecified atom stereocenters. The van der Waals surface area contributed by atoms with E-state index in [0.717, 1.165) is 58.5 Å². The van der Waals surface area contributed by atoms with Crippen LogP contribution in [-0.4, -0.2) is 78.3 Å². The second-order valence-corrected chi connectivity index (χ2v) is 10.6. The second-order valence-electron chi connectivity index (χ2n) is 10.6. The largest absolute Gasteiger partial charge is 0.491 e. The van der Waals surface area contributed by atoms with Crippen molar-refractivity contribution in [3.8, 4) is 45.3 Å². The van der Waals surface area contributed by atoms with Crippen molar-refractivity contribution in [3.63, 3.8) is 0 Å². The van der Waals surface area contributed by atoms with Crippen LogP contribution in [0.25, 0.3) is 22.3 Å². The van der Waals surface area contributed by atoms with Crippen molar-refractivity contribution < 1.29 is 37.9 Å². The molecule has 0 aliphatic carbocycles. The van der Waals surface area contributed by atoms with Crippen LogP contribution in [0, 0.1) is 0 Å². The zero-order valence-electron chi connectivity index (χ0n) is 24.7. The van der Waals surface area contributed by atoms with E-state index in [9.17, 15) is 0 Å². The maximum Gasteiger partial charge on any atom is 0.119 e. The molecule has 0 bridgehead atoms. The molecule has 2 aliphatic rings. The predicted octanol–water partition coefficient (Wildman–Crippen LogP) is 6.07. The summed E-state index contributed by atoms with van der Waals surface area (Å²) < 4.78 is 44.6. The van der Waals surface area contributed by atoms with Gasteiger partial charge in [-0.3, -0.25) is 0 Å². The molecule has 2 saturated heterocycles. The fourth-order valence-electron chi connectivity index (χ4n) is 4.44. The van der Waals surface area contributed by atoms with Crippen LogP contribution in [0.2, 0.25) is 0 Å². The first-order chi connectivity index (χ1) is 21.8. The Kier molecular flexibility index (Phi) is 10.6. The normalized spacial score (nSPS) is 16.7. The zero-order valence-corrected chi connectivity index (χ0v) is 24.7. The average molecular weight is 599 g/mol. The highest BCUT2D eigenvalue weighted by Crippen LogP contribution is 2.26. The van der Waals surface area contributed by atoms with E-state index < -0.39 is 0 Å². The summed E-state index contributed by atoms with van der Waals surface area (Å²) in [5.41, 5.74) is 4.50. The molecule has 0 aromatic heterocycles. The average Bonchev–Trinajstić information content (AvgIpc) is 4.01. The molecule has 230 valence electrons. The van der Waals surface area contributed by atoms with Crippen molar-refractivity contribution in [1.29, 1.82) is 0 Å². The fraction of sp³-hybridized carbons (Fsp3) is 0.333. The molecule has 0 radical (unpaired) electrons. The SMILES string of the molecule is c1cc(-c2ccc(OCC3CO3)cc2)ccc1OCCOCCOCCOc1ccc(-c2ccc(OCC3CO3)cc2)cc1. The smallest absolute Gasteiger partial charge is 0.119 e. The molecule has 6 rings (SSSR count). The molecule has 4 aromatic carbocycles. The molecule has 8 nitrogen and oxygen atoms in total. The van der Waals surface area contributed by atoms with Gasteiger partial charge < -0.3 is 37.9 Å². The van der Waals surface area contributed by atoms with Crippen LogP contribution in [0.1, 0.15) is 0 Å². The molecule has 4 aromatic rings. The molecule has 0 amide bonds. The van der Waals surface area contributed by atoms with E-state index in [2.05, 4.69) is 48.5 Å². The molecule has 2 fully saturated rings. The first-order valence-electron chi connectivity index (χ1n) is 15.1. The molecular formula is C36H38O8. The van der Waals surface area contributed by atoms with Gasteiger partial charge in [-0.15, -0.1) is 0 Å². The third-order valence-electron chi connectivity index (χ3n) is 7.13. The summed E-state index contributed by atoms with van der Waals surface area (Å²) >= 11 is 0. The summed E-state index contributed by atoms with van der Waals surface area (Å²) in [7, 11) is 0. The van der Waals surface area contributed by atoms with Gasteiger partial charge in [0.05, 0.1) is 39.6 Å². The lowest BCUT2D eigenvalue weighted by molar-refractivity contribution is 0.0273. The summed E-state index contributed by atoms with van der Waals surface area (Å²) in [6, 6.07) is 32.3. The quantitative estimate of drug-likeness (QED) is 0.0951. The van der Waals surface area contributed by atoms with Gasteiger partial charge in [-0.2, -0.15) is 0 Å². The van der Waals surface area contributed by atoms with E-state index in [1.54, 1.807) is 0 Å². The van der Waals surface area contributed by atoms with E-state index in [0.29, 0.717) is 52.9 Å². The van der Waals surface area contributed by atoms with Crippen molar-refractivity contribution in [2.45, 2.75) is 12.2 Å². The van der Waals surface area contributed by atoms with Gasteiger partial charge in [0.25, 0.3) is 0 Å². The second kappa shape index (κ2) is 15.6. The maximum atomic E-state index is 5.80. The standard InChI is InChI=1S/C36H38O8/c1-9-31(10-2-27(1)29-5-13-33(14-6-29)41-23-35-25-43-35)39-21-19-37-17-18-38-20-22-40-32-11-3-28(4-12-32)30-7-15-34(16-8-30)42-24-36-26-44-36/h1-16,35-36H,17-26H2. The van der Waals surface area contributed by atoms with Gasteiger partial charge in [-0.1, -0.05) is 48.5 Å². The monoisotopic (exact) mass is 598 g/mol. The minimum absolute atomic E-state index is 0.256. The van der Waals surface area contributed by atoms with Gasteiger partial charge in [-0.25, -0.2) is 0 Å². The predicted molar refractivity (Wildman–Crippen MR) is 167 cm³/mol. The van der Waals surface area contributed by atoms with Gasteiger partial charge in [0.1, 0.15) is 61.6 Å². The van der Waals surface area contributed by atoms with Gasteiger partial charge in [0.15, 0.2) is 0 Å². The van der Waals surface area contributed by atoms with E-state index in [-0.39, 0.29) is 12.2 Å². The third kappa shape index (κ3) is 9.72. The number of rotatable bonds is 19. The van der Waals surface area contributed by atoms with Crippen LogP contribution >= 0.6 is 0 Å². The van der Waals surface area contributed by atoms with Crippen LogP contribution in [0.15, 0.2) is 97.1 Å². The molecule has 2 heterocycles. The highest BCUT2D eigenvalue weighted by atomic mass is 16.6. The lowest BCUT2D eigenvalue weighted by Gasteiger charge is -2.10. The Balaban J connectivity index is 0.786. The number of hydrogen-bond acceptors (Lipinski definition) is 8. The van der Waals surface area contributed by atoms with E-state index in [4.69, 9.17) is 37.9 Å². The van der Waals surface area contributed by atoms with Crippen LogP contribution < -0.4 is 18.9 Å². The van der Waals surface area contributed by atoms with E-state index in [1.165, 1.54) is 0 Å². The molecular weight excluding hydrogens is 560 g/mol. The van der Waals surface area contributed by atoms with Crippen LogP contribution in [0.3, 0.4) is 0 Å². The highest BCUT2D eigenvalue weighted by molar-refractivity contribution is 5.65. The third-order valence-corrected chi connectivity index (χ3v) is 7.13. The highest BCUT2D eigenvalue weighted by Gasteiger charge is 2.23. The Bertz CT molecular complexity index is 1290. The van der Waals surface area contributed by atoms with Gasteiger partial charge in [0.2, 0.25) is 0 Å². The van der Waals surface area contributed by atoms with Gasteiger partial charge in [-0.05, 0) is 70.8 Å². The summed E-state index contributed by atoms with van der Waals surface area (Å²) in [5.74, 6) is 3.33. The first-order valence-corrected chi connectivity index (χ1v) is 15.1. The van der Waals surface area contributed by atoms with Crippen molar-refractivity contribution in [2.75, 3.05) is 66.1 Å². The van der Waals surface area contributed by atoms with Crippen molar-refractivity contribution in [1.82, 2.24) is 0 Å². The van der Waals surface area contributed by atoms with Crippen molar-refractivity contribution in [3.05, 3.63) is 97.1 Å². The number of ether oxygens (including phenoxy) is 8. The minimum atomic E-state index is 0.256. The number of hydrogen-bond donors (Lipinski definition) is 0. The molecule has 2 aliphatic heterocycles. The molecule has 8 heteroatoms. The van der Waals surface area contributed by atoms with E-state index in [1.807, 2.05) is 48.5 Å². The van der Waals surface area contributed by atoms with Crippen molar-refractivity contribution >= 4 is 0 Å². The Morgan fingerprint density at radius 3 is 0.955 bits per heavy atom. The summed E-state index contributed by atoms with van der Waals surface area (Å²) in [6.07, 6.45) is 0.513. The topological polar surface area (TPSA) is 80.4 Å². The van der Waals surface area contributed by atoms with Crippen LogP contribution in [0.4, 0.5) is 0 Å². The lowest BCUT2D eigenvalue weighted by atomic mass is 10.1. The summed E-state index contributed by atoms with van der Waals surface area (Å²) in [5, 5.41) is 0. The first kappa shape index (κ1) is 30.0. The summed E-state index contributed by atoms with van der Waals surface area (Å²) in [4.78, 5) is 0. The molecule has 0 spiro atoms. The van der Waals surface area contributed by atoms with Crippen LogP contribution in [0.5, 0.6) is 23.0 Å². The summed E-state index contributed by atoms with van der Waals surface area (Å²) in [6.45, 7) is 5.76. The maximum absolute atomic E-state index is 5.80. The minimum Gasteiger partial charge on any atom is -0.491 e. The molecule has 0 N–H and O–H groups in total. The Labute approximate surface area is 258 Å². The molecule has 2 atom stereocenters. The Morgan fingerprint density at radius 1 is 0.386 bits per heavy atom. The lowest BCUT2D eigenvalue weighted by Crippen LogP contribution is -2.13. The zero-order chi connectivity index (χ0) is 29.8.